The summed E-state index contributed by atoms with van der Waals surface area (Å²) in [5, 5.41) is 1.82. The minimum atomic E-state index is -3.07. The van der Waals surface area contributed by atoms with E-state index < -0.39 is 30.1 Å². The molecular formula is C23H26F3N3O4. The quantitative estimate of drug-likeness (QED) is 0.578. The van der Waals surface area contributed by atoms with Gasteiger partial charge in [-0.2, -0.15) is 8.78 Å². The summed E-state index contributed by atoms with van der Waals surface area (Å²) in [7, 11) is 1.63. The molecule has 0 radical (unpaired) electrons. The van der Waals surface area contributed by atoms with Crippen molar-refractivity contribution >= 4 is 5.91 Å². The number of carbonyl (C=O) groups excluding carboxylic acids is 1. The van der Waals surface area contributed by atoms with Gasteiger partial charge in [0.05, 0.1) is 12.6 Å². The summed E-state index contributed by atoms with van der Waals surface area (Å²) in [6, 6.07) is 4.17. The number of fused-ring (bicyclic) bond motifs is 3. The zero-order valence-corrected chi connectivity index (χ0v) is 18.5. The summed E-state index contributed by atoms with van der Waals surface area (Å²) in [5.74, 6) is -1.13. The Morgan fingerprint density at radius 2 is 1.97 bits per heavy atom. The molecule has 0 aliphatic carbocycles. The molecule has 0 saturated carbocycles. The Kier molecular flexibility index (Phi) is 6.53. The van der Waals surface area contributed by atoms with E-state index in [0.717, 1.165) is 12.5 Å². The van der Waals surface area contributed by atoms with Crippen LogP contribution < -0.4 is 19.9 Å². The number of amides is 1. The van der Waals surface area contributed by atoms with Gasteiger partial charge in [-0.05, 0) is 43.9 Å². The molecular weight excluding hydrogens is 439 g/mol. The minimum absolute atomic E-state index is 0.0473. The number of piperidine rings is 1. The first-order valence-corrected chi connectivity index (χ1v) is 11.0. The maximum Gasteiger partial charge on any atom is 0.387 e. The SMILES string of the molecule is CCCCOc1c2n(ccc1=O)N1C(c3cc(F)ccc3OC(F)F)CCCC1N(C)C2=O. The normalized spacial score (nSPS) is 20.0. The van der Waals surface area contributed by atoms with Gasteiger partial charge in [0.2, 0.25) is 5.43 Å². The number of hydrogen-bond acceptors (Lipinski definition) is 5. The van der Waals surface area contributed by atoms with E-state index in [0.29, 0.717) is 25.7 Å². The highest BCUT2D eigenvalue weighted by Crippen LogP contribution is 2.41. The Bertz CT molecular complexity index is 1090. The molecule has 0 spiro atoms. The number of unbranched alkanes of at least 4 members (excludes halogenated alkanes) is 1. The Morgan fingerprint density at radius 1 is 1.18 bits per heavy atom. The smallest absolute Gasteiger partial charge is 0.387 e. The zero-order valence-electron chi connectivity index (χ0n) is 18.5. The van der Waals surface area contributed by atoms with Crippen molar-refractivity contribution in [2.75, 3.05) is 18.7 Å². The largest absolute Gasteiger partial charge is 0.487 e. The molecule has 2 aliphatic heterocycles. The number of ether oxygens (including phenoxy) is 2. The Labute approximate surface area is 189 Å². The summed E-state index contributed by atoms with van der Waals surface area (Å²) >= 11 is 0. The Hall–Kier alpha value is -3.17. The molecule has 0 N–H and O–H groups in total. The maximum atomic E-state index is 14.2. The number of benzene rings is 1. The molecule has 1 amide bonds. The molecule has 0 bridgehead atoms. The Morgan fingerprint density at radius 3 is 2.70 bits per heavy atom. The number of carbonyl (C=O) groups is 1. The van der Waals surface area contributed by atoms with E-state index in [-0.39, 0.29) is 35.3 Å². The topological polar surface area (TPSA) is 64.0 Å². The first-order valence-electron chi connectivity index (χ1n) is 11.0. The molecule has 4 rings (SSSR count). The first kappa shape index (κ1) is 23.0. The molecule has 178 valence electrons. The average Bonchev–Trinajstić information content (AvgIpc) is 2.79. The summed E-state index contributed by atoms with van der Waals surface area (Å²) in [4.78, 5) is 27.4. The van der Waals surface area contributed by atoms with Crippen LogP contribution in [-0.2, 0) is 0 Å². The lowest BCUT2D eigenvalue weighted by Gasteiger charge is -2.51. The second kappa shape index (κ2) is 9.36. The third kappa shape index (κ3) is 4.26. The molecule has 3 heterocycles. The van der Waals surface area contributed by atoms with Gasteiger partial charge in [-0.3, -0.25) is 19.3 Å². The third-order valence-corrected chi connectivity index (χ3v) is 6.11. The monoisotopic (exact) mass is 465 g/mol. The number of pyridine rings is 1. The van der Waals surface area contributed by atoms with Gasteiger partial charge in [0.1, 0.15) is 17.7 Å². The fraction of sp³-hybridized carbons (Fsp3) is 0.478. The van der Waals surface area contributed by atoms with Gasteiger partial charge in [0.25, 0.3) is 5.91 Å². The predicted octanol–water partition coefficient (Wildman–Crippen LogP) is 4.04. The molecule has 33 heavy (non-hydrogen) atoms. The molecule has 2 atom stereocenters. The molecule has 1 fully saturated rings. The van der Waals surface area contributed by atoms with Crippen molar-refractivity contribution < 1.29 is 27.4 Å². The summed E-state index contributed by atoms with van der Waals surface area (Å²) in [6.45, 7) is -0.805. The predicted molar refractivity (Wildman–Crippen MR) is 115 cm³/mol. The van der Waals surface area contributed by atoms with Crippen LogP contribution in [0.4, 0.5) is 13.2 Å². The van der Waals surface area contributed by atoms with Crippen LogP contribution in [0, 0.1) is 5.82 Å². The second-order valence-corrected chi connectivity index (χ2v) is 8.19. The van der Waals surface area contributed by atoms with Crippen LogP contribution in [0.15, 0.2) is 35.3 Å². The summed E-state index contributed by atoms with van der Waals surface area (Å²) < 4.78 is 52.3. The summed E-state index contributed by atoms with van der Waals surface area (Å²) in [5.41, 5.74) is -0.101. The summed E-state index contributed by atoms with van der Waals surface area (Å²) in [6.07, 6.45) is 4.45. The van der Waals surface area contributed by atoms with Gasteiger partial charge in [-0.25, -0.2) is 4.39 Å². The van der Waals surface area contributed by atoms with Crippen molar-refractivity contribution in [1.29, 1.82) is 0 Å². The van der Waals surface area contributed by atoms with E-state index in [1.54, 1.807) is 11.7 Å². The van der Waals surface area contributed by atoms with Crippen LogP contribution in [0.1, 0.15) is 61.1 Å². The second-order valence-electron chi connectivity index (χ2n) is 8.19. The molecule has 1 saturated heterocycles. The fourth-order valence-corrected chi connectivity index (χ4v) is 4.57. The van der Waals surface area contributed by atoms with Crippen molar-refractivity contribution in [2.24, 2.45) is 0 Å². The lowest BCUT2D eigenvalue weighted by Crippen LogP contribution is -2.62. The lowest BCUT2D eigenvalue weighted by atomic mass is 9.93. The van der Waals surface area contributed by atoms with Crippen LogP contribution in [0.5, 0.6) is 11.5 Å². The van der Waals surface area contributed by atoms with E-state index in [1.807, 2.05) is 11.9 Å². The first-order chi connectivity index (χ1) is 15.8. The standard InChI is InChI=1S/C23H26F3N3O4/c1-3-4-12-32-21-17(30)10-11-28-20(21)22(31)27(2)19-7-5-6-16(29(19)28)15-13-14(24)8-9-18(15)33-23(25)26/h8-11,13,16,19,23H,3-7,12H2,1-2H3. The third-order valence-electron chi connectivity index (χ3n) is 6.11. The van der Waals surface area contributed by atoms with Crippen LogP contribution in [0.2, 0.25) is 0 Å². The molecule has 2 aromatic rings. The molecule has 1 aromatic heterocycles. The number of aromatic nitrogens is 1. The highest BCUT2D eigenvalue weighted by Gasteiger charge is 2.44. The Balaban J connectivity index is 1.85. The van der Waals surface area contributed by atoms with Crippen molar-refractivity contribution in [3.05, 3.63) is 57.8 Å². The molecule has 10 heteroatoms. The van der Waals surface area contributed by atoms with Gasteiger partial charge in [0.15, 0.2) is 11.4 Å². The molecule has 7 nitrogen and oxygen atoms in total. The highest BCUT2D eigenvalue weighted by molar-refractivity contribution is 5.96. The minimum Gasteiger partial charge on any atom is -0.487 e. The van der Waals surface area contributed by atoms with Gasteiger partial charge in [-0.1, -0.05) is 13.3 Å². The highest BCUT2D eigenvalue weighted by atomic mass is 19.3. The zero-order chi connectivity index (χ0) is 23.7. The van der Waals surface area contributed by atoms with Gasteiger partial charge in [-0.15, -0.1) is 0 Å². The number of hydrogen-bond donors (Lipinski definition) is 0. The van der Waals surface area contributed by atoms with Gasteiger partial charge >= 0.3 is 6.61 Å². The van der Waals surface area contributed by atoms with Crippen LogP contribution in [-0.4, -0.2) is 41.9 Å². The number of nitrogens with zero attached hydrogens (tertiary/aromatic N) is 3. The van der Waals surface area contributed by atoms with E-state index in [4.69, 9.17) is 4.74 Å². The van der Waals surface area contributed by atoms with E-state index in [2.05, 4.69) is 4.74 Å². The fourth-order valence-electron chi connectivity index (χ4n) is 4.57. The van der Waals surface area contributed by atoms with E-state index in [9.17, 15) is 22.8 Å². The number of rotatable bonds is 7. The molecule has 1 aromatic carbocycles. The maximum absolute atomic E-state index is 14.2. The lowest BCUT2D eigenvalue weighted by molar-refractivity contribution is -0.0509. The molecule has 2 aliphatic rings. The average molecular weight is 465 g/mol. The van der Waals surface area contributed by atoms with Gasteiger partial charge in [0, 0.05) is 24.9 Å². The van der Waals surface area contributed by atoms with Gasteiger partial charge < -0.3 is 14.4 Å². The van der Waals surface area contributed by atoms with Crippen molar-refractivity contribution in [2.45, 2.75) is 57.8 Å². The molecule has 2 unspecified atom stereocenters. The van der Waals surface area contributed by atoms with E-state index >= 15 is 0 Å². The van der Waals surface area contributed by atoms with Crippen LogP contribution in [0.3, 0.4) is 0 Å². The number of alkyl halides is 2. The number of halogens is 3. The van der Waals surface area contributed by atoms with Crippen molar-refractivity contribution in [3.63, 3.8) is 0 Å². The van der Waals surface area contributed by atoms with Crippen LogP contribution in [0.25, 0.3) is 0 Å². The van der Waals surface area contributed by atoms with Crippen molar-refractivity contribution in [3.8, 4) is 11.5 Å². The van der Waals surface area contributed by atoms with E-state index in [1.165, 1.54) is 29.3 Å². The van der Waals surface area contributed by atoms with Crippen molar-refractivity contribution in [1.82, 2.24) is 9.58 Å². The van der Waals surface area contributed by atoms with Crippen LogP contribution >= 0.6 is 0 Å².